The number of nitrogens with one attached hydrogen (secondary N) is 1. The molecule has 1 saturated carbocycles. The summed E-state index contributed by atoms with van der Waals surface area (Å²) in [7, 11) is 0. The van der Waals surface area contributed by atoms with Crippen LogP contribution in [0.3, 0.4) is 0 Å². The highest BCUT2D eigenvalue weighted by atomic mass is 15.3. The smallest absolute Gasteiger partial charge is 0.148 e. The SMILES string of the molecule is Cc1c(NN)ncnc1N1CC2CCC1C2. The molecule has 16 heavy (non-hydrogen) atoms. The lowest BCUT2D eigenvalue weighted by molar-refractivity contribution is 0.549. The minimum atomic E-state index is 0.684. The van der Waals surface area contributed by atoms with Crippen molar-refractivity contribution in [2.75, 3.05) is 16.9 Å². The summed E-state index contributed by atoms with van der Waals surface area (Å²) in [5, 5.41) is 0. The molecule has 1 aliphatic carbocycles. The highest BCUT2D eigenvalue weighted by molar-refractivity contribution is 5.58. The molecular weight excluding hydrogens is 202 g/mol. The van der Waals surface area contributed by atoms with Gasteiger partial charge in [0, 0.05) is 18.2 Å². The van der Waals surface area contributed by atoms with Gasteiger partial charge in [-0.05, 0) is 32.1 Å². The zero-order valence-corrected chi connectivity index (χ0v) is 9.48. The number of piperidine rings is 1. The van der Waals surface area contributed by atoms with E-state index < -0.39 is 0 Å². The maximum atomic E-state index is 5.44. The minimum Gasteiger partial charge on any atom is -0.353 e. The number of rotatable bonds is 2. The second-order valence-corrected chi connectivity index (χ2v) is 4.80. The standard InChI is InChI=1S/C11H17N5/c1-7-10(15-12)13-6-14-11(7)16-5-8-2-3-9(16)4-8/h6,8-9H,2-5,12H2,1H3,(H,13,14,15). The van der Waals surface area contributed by atoms with Crippen molar-refractivity contribution in [1.29, 1.82) is 0 Å². The molecule has 2 aliphatic rings. The van der Waals surface area contributed by atoms with E-state index >= 15 is 0 Å². The zero-order valence-electron chi connectivity index (χ0n) is 9.48. The molecule has 0 radical (unpaired) electrons. The number of hydrogen-bond acceptors (Lipinski definition) is 5. The Morgan fingerprint density at radius 1 is 1.44 bits per heavy atom. The molecule has 5 nitrogen and oxygen atoms in total. The van der Waals surface area contributed by atoms with Crippen molar-refractivity contribution in [1.82, 2.24) is 9.97 Å². The van der Waals surface area contributed by atoms with E-state index in [9.17, 15) is 0 Å². The number of nitrogen functional groups attached to an aromatic ring is 1. The normalized spacial score (nSPS) is 27.5. The molecular formula is C11H17N5. The Bertz CT molecular complexity index is 405. The van der Waals surface area contributed by atoms with Gasteiger partial charge in [-0.15, -0.1) is 0 Å². The van der Waals surface area contributed by atoms with Gasteiger partial charge in [0.2, 0.25) is 0 Å². The fraction of sp³-hybridized carbons (Fsp3) is 0.636. The molecule has 86 valence electrons. The van der Waals surface area contributed by atoms with Crippen molar-refractivity contribution in [3.63, 3.8) is 0 Å². The van der Waals surface area contributed by atoms with Crippen molar-refractivity contribution in [2.45, 2.75) is 32.2 Å². The van der Waals surface area contributed by atoms with Gasteiger partial charge in [-0.25, -0.2) is 15.8 Å². The van der Waals surface area contributed by atoms with Crippen LogP contribution in [0, 0.1) is 12.8 Å². The molecule has 3 rings (SSSR count). The van der Waals surface area contributed by atoms with Crippen molar-refractivity contribution in [3.05, 3.63) is 11.9 Å². The Morgan fingerprint density at radius 3 is 2.94 bits per heavy atom. The summed E-state index contributed by atoms with van der Waals surface area (Å²) in [6.45, 7) is 3.17. The van der Waals surface area contributed by atoms with E-state index in [1.807, 2.05) is 6.92 Å². The number of fused-ring (bicyclic) bond motifs is 2. The van der Waals surface area contributed by atoms with Gasteiger partial charge in [0.25, 0.3) is 0 Å². The van der Waals surface area contributed by atoms with Gasteiger partial charge < -0.3 is 10.3 Å². The van der Waals surface area contributed by atoms with Crippen LogP contribution >= 0.6 is 0 Å². The van der Waals surface area contributed by atoms with Crippen molar-refractivity contribution >= 4 is 11.6 Å². The summed E-state index contributed by atoms with van der Waals surface area (Å²) >= 11 is 0. The summed E-state index contributed by atoms with van der Waals surface area (Å²) < 4.78 is 0. The van der Waals surface area contributed by atoms with Gasteiger partial charge >= 0.3 is 0 Å². The van der Waals surface area contributed by atoms with Crippen molar-refractivity contribution in [3.8, 4) is 0 Å². The predicted molar refractivity (Wildman–Crippen MR) is 63.1 cm³/mol. The summed E-state index contributed by atoms with van der Waals surface area (Å²) in [5.41, 5.74) is 3.68. The molecule has 2 unspecified atom stereocenters. The molecule has 2 heterocycles. The van der Waals surface area contributed by atoms with E-state index in [0.717, 1.165) is 29.7 Å². The van der Waals surface area contributed by atoms with Crippen LogP contribution in [-0.2, 0) is 0 Å². The number of anilines is 2. The highest BCUT2D eigenvalue weighted by Crippen LogP contribution is 2.40. The Labute approximate surface area is 95.0 Å². The Balaban J connectivity index is 1.95. The number of nitrogens with zero attached hydrogens (tertiary/aromatic N) is 3. The van der Waals surface area contributed by atoms with Gasteiger partial charge in [-0.2, -0.15) is 0 Å². The van der Waals surface area contributed by atoms with E-state index in [-0.39, 0.29) is 0 Å². The molecule has 1 aromatic heterocycles. The lowest BCUT2D eigenvalue weighted by Gasteiger charge is -2.29. The van der Waals surface area contributed by atoms with Crippen LogP contribution < -0.4 is 16.2 Å². The molecule has 1 aromatic rings. The zero-order chi connectivity index (χ0) is 11.1. The monoisotopic (exact) mass is 219 g/mol. The molecule has 0 aromatic carbocycles. The average Bonchev–Trinajstić information content (AvgIpc) is 2.91. The number of hydrogen-bond donors (Lipinski definition) is 2. The Hall–Kier alpha value is -1.36. The first-order valence-electron chi connectivity index (χ1n) is 5.84. The van der Waals surface area contributed by atoms with Crippen LogP contribution in [-0.4, -0.2) is 22.6 Å². The lowest BCUT2D eigenvalue weighted by atomic mass is 10.1. The quantitative estimate of drug-likeness (QED) is 0.575. The van der Waals surface area contributed by atoms with E-state index in [2.05, 4.69) is 20.3 Å². The van der Waals surface area contributed by atoms with Crippen molar-refractivity contribution < 1.29 is 0 Å². The topological polar surface area (TPSA) is 67.1 Å². The molecule has 3 N–H and O–H groups in total. The first-order chi connectivity index (χ1) is 7.79. The van der Waals surface area contributed by atoms with Gasteiger partial charge in [0.05, 0.1) is 0 Å². The fourth-order valence-electron chi connectivity index (χ4n) is 3.06. The third kappa shape index (κ3) is 1.35. The van der Waals surface area contributed by atoms with E-state index in [4.69, 9.17) is 5.84 Å². The van der Waals surface area contributed by atoms with Gasteiger partial charge in [-0.1, -0.05) is 0 Å². The number of aromatic nitrogens is 2. The predicted octanol–water partition coefficient (Wildman–Crippen LogP) is 1.06. The Morgan fingerprint density at radius 2 is 2.31 bits per heavy atom. The summed E-state index contributed by atoms with van der Waals surface area (Å²) in [6, 6.07) is 0.684. The molecule has 2 atom stereocenters. The summed E-state index contributed by atoms with van der Waals surface area (Å²) in [6.07, 6.45) is 5.60. The molecule has 2 fully saturated rings. The average molecular weight is 219 g/mol. The summed E-state index contributed by atoms with van der Waals surface area (Å²) in [5.74, 6) is 8.08. The number of hydrazine groups is 1. The van der Waals surface area contributed by atoms with Gasteiger partial charge in [0.15, 0.2) is 0 Å². The first kappa shape index (κ1) is 9.84. The van der Waals surface area contributed by atoms with Gasteiger partial charge in [0.1, 0.15) is 18.0 Å². The molecule has 2 bridgehead atoms. The van der Waals surface area contributed by atoms with E-state index in [0.29, 0.717) is 6.04 Å². The van der Waals surface area contributed by atoms with Crippen molar-refractivity contribution in [2.24, 2.45) is 11.8 Å². The Kier molecular flexibility index (Phi) is 2.21. The molecule has 0 amide bonds. The first-order valence-corrected chi connectivity index (χ1v) is 5.84. The van der Waals surface area contributed by atoms with Crippen LogP contribution in [0.5, 0.6) is 0 Å². The fourth-order valence-corrected chi connectivity index (χ4v) is 3.06. The molecule has 5 heteroatoms. The lowest BCUT2D eigenvalue weighted by Crippen LogP contribution is -2.33. The maximum Gasteiger partial charge on any atom is 0.148 e. The summed E-state index contributed by atoms with van der Waals surface area (Å²) in [4.78, 5) is 10.9. The highest BCUT2D eigenvalue weighted by Gasteiger charge is 2.39. The third-order valence-electron chi connectivity index (χ3n) is 3.88. The largest absolute Gasteiger partial charge is 0.353 e. The van der Waals surface area contributed by atoms with Crippen LogP contribution in [0.1, 0.15) is 24.8 Å². The third-order valence-corrected chi connectivity index (χ3v) is 3.88. The second kappa shape index (κ2) is 3.59. The maximum absolute atomic E-state index is 5.44. The minimum absolute atomic E-state index is 0.684. The van der Waals surface area contributed by atoms with Crippen LogP contribution in [0.2, 0.25) is 0 Å². The van der Waals surface area contributed by atoms with E-state index in [1.54, 1.807) is 6.33 Å². The number of nitrogens with two attached hydrogens (primary N) is 1. The van der Waals surface area contributed by atoms with Crippen LogP contribution in [0.25, 0.3) is 0 Å². The molecule has 1 aliphatic heterocycles. The molecule has 1 saturated heterocycles. The van der Waals surface area contributed by atoms with Gasteiger partial charge in [-0.3, -0.25) is 0 Å². The second-order valence-electron chi connectivity index (χ2n) is 4.80. The van der Waals surface area contributed by atoms with Crippen LogP contribution in [0.4, 0.5) is 11.6 Å². The van der Waals surface area contributed by atoms with E-state index in [1.165, 1.54) is 19.3 Å². The molecule has 0 spiro atoms. The van der Waals surface area contributed by atoms with Crippen LogP contribution in [0.15, 0.2) is 6.33 Å².